The number of amides is 2. The molecule has 4 aromatic rings. The summed E-state index contributed by atoms with van der Waals surface area (Å²) in [5, 5.41) is 3.11. The van der Waals surface area contributed by atoms with Crippen LogP contribution in [0.4, 0.5) is 5.95 Å². The molecule has 0 aliphatic rings. The topological polar surface area (TPSA) is 119 Å². The summed E-state index contributed by atoms with van der Waals surface area (Å²) in [5.41, 5.74) is 8.05. The van der Waals surface area contributed by atoms with E-state index in [1.807, 2.05) is 25.1 Å². The number of aromatic nitrogens is 4. The molecular formula is C19H14BrClN6O2. The van der Waals surface area contributed by atoms with Gasteiger partial charge in [-0.05, 0) is 36.8 Å². The largest absolute Gasteiger partial charge is 0.364 e. The highest BCUT2D eigenvalue weighted by Crippen LogP contribution is 2.25. The van der Waals surface area contributed by atoms with Crippen LogP contribution in [0.15, 0.2) is 47.2 Å². The normalized spacial score (nSPS) is 11.0. The number of imidazole rings is 2. The second-order valence-electron chi connectivity index (χ2n) is 6.28. The number of hydrogen-bond acceptors (Lipinski definition) is 4. The minimum atomic E-state index is -0.811. The molecule has 0 radical (unpaired) electrons. The van der Waals surface area contributed by atoms with Crippen LogP contribution in [-0.4, -0.2) is 31.3 Å². The molecule has 4 rings (SSSR count). The van der Waals surface area contributed by atoms with Crippen molar-refractivity contribution in [3.63, 3.8) is 0 Å². The summed E-state index contributed by atoms with van der Waals surface area (Å²) in [5.74, 6) is -1.22. The number of anilines is 1. The number of carbonyl (C=O) groups excluding carboxylic acids is 2. The minimum absolute atomic E-state index is 0.00486. The summed E-state index contributed by atoms with van der Waals surface area (Å²) in [6.07, 6.45) is 1.39. The van der Waals surface area contributed by atoms with Gasteiger partial charge < -0.3 is 10.7 Å². The van der Waals surface area contributed by atoms with Crippen molar-refractivity contribution in [1.82, 2.24) is 19.5 Å². The Bertz CT molecular complexity index is 1280. The highest BCUT2D eigenvalue weighted by atomic mass is 79.9. The number of fused-ring (bicyclic) bond motifs is 1. The summed E-state index contributed by atoms with van der Waals surface area (Å²) >= 11 is 9.55. The Labute approximate surface area is 178 Å². The van der Waals surface area contributed by atoms with E-state index in [1.165, 1.54) is 10.9 Å². The molecular weight excluding hydrogens is 460 g/mol. The van der Waals surface area contributed by atoms with Crippen LogP contribution >= 0.6 is 27.5 Å². The third-order valence-electron chi connectivity index (χ3n) is 4.34. The van der Waals surface area contributed by atoms with Gasteiger partial charge in [-0.3, -0.25) is 19.5 Å². The smallest absolute Gasteiger partial charge is 0.277 e. The molecule has 2 amide bonds. The molecule has 0 saturated heterocycles. The average Bonchev–Trinajstić information content (AvgIpc) is 3.28. The van der Waals surface area contributed by atoms with E-state index < -0.39 is 11.8 Å². The standard InChI is InChI=1S/C19H14BrClN6O2/c1-9-5-6-10(20)7-13(9)27-8-23-15(17(22)28)16(27)18(29)26-19-24-12-4-2-3-11(21)14(12)25-19/h2-8H,1H3,(H2,22,28)(H2,24,25,26,29). The van der Waals surface area contributed by atoms with Gasteiger partial charge in [0, 0.05) is 4.47 Å². The lowest BCUT2D eigenvalue weighted by Gasteiger charge is -2.12. The van der Waals surface area contributed by atoms with Crippen molar-refractivity contribution in [2.45, 2.75) is 6.92 Å². The molecule has 0 fully saturated rings. The van der Waals surface area contributed by atoms with Crippen LogP contribution < -0.4 is 11.1 Å². The van der Waals surface area contributed by atoms with Crippen LogP contribution in [0.5, 0.6) is 0 Å². The SMILES string of the molecule is Cc1ccc(Br)cc1-n1cnc(C(N)=O)c1C(=O)Nc1nc2c(Cl)cccc2[nH]1. The number of aromatic amines is 1. The first kappa shape index (κ1) is 19.2. The van der Waals surface area contributed by atoms with E-state index in [0.29, 0.717) is 21.7 Å². The predicted octanol–water partition coefficient (Wildman–Crippen LogP) is 3.82. The Morgan fingerprint density at radius 2 is 2.07 bits per heavy atom. The monoisotopic (exact) mass is 472 g/mol. The Morgan fingerprint density at radius 3 is 2.79 bits per heavy atom. The number of hydrogen-bond donors (Lipinski definition) is 3. The fourth-order valence-corrected chi connectivity index (χ4v) is 3.56. The van der Waals surface area contributed by atoms with Crippen molar-refractivity contribution in [3.05, 3.63) is 69.2 Å². The molecule has 29 heavy (non-hydrogen) atoms. The van der Waals surface area contributed by atoms with Crippen molar-refractivity contribution in [1.29, 1.82) is 0 Å². The summed E-state index contributed by atoms with van der Waals surface area (Å²) in [7, 11) is 0. The molecule has 146 valence electrons. The zero-order chi connectivity index (χ0) is 20.7. The number of nitrogens with one attached hydrogen (secondary N) is 2. The Morgan fingerprint density at radius 1 is 1.28 bits per heavy atom. The molecule has 0 spiro atoms. The van der Waals surface area contributed by atoms with Gasteiger partial charge in [0.25, 0.3) is 11.8 Å². The zero-order valence-corrected chi connectivity index (χ0v) is 17.4. The molecule has 2 aromatic heterocycles. The summed E-state index contributed by atoms with van der Waals surface area (Å²) in [6, 6.07) is 10.8. The van der Waals surface area contributed by atoms with Gasteiger partial charge in [0.1, 0.15) is 17.5 Å². The second kappa shape index (κ2) is 7.34. The van der Waals surface area contributed by atoms with Crippen LogP contribution in [0.1, 0.15) is 26.5 Å². The zero-order valence-electron chi connectivity index (χ0n) is 15.0. The van der Waals surface area contributed by atoms with Gasteiger partial charge >= 0.3 is 0 Å². The number of aryl methyl sites for hydroxylation is 1. The third-order valence-corrected chi connectivity index (χ3v) is 5.14. The van der Waals surface area contributed by atoms with E-state index in [0.717, 1.165) is 10.0 Å². The molecule has 4 N–H and O–H groups in total. The number of carbonyl (C=O) groups is 2. The Kier molecular flexibility index (Phi) is 4.85. The fraction of sp³-hybridized carbons (Fsp3) is 0.0526. The summed E-state index contributed by atoms with van der Waals surface area (Å²) < 4.78 is 2.33. The van der Waals surface area contributed by atoms with E-state index in [-0.39, 0.29) is 17.3 Å². The number of H-pyrrole nitrogens is 1. The molecule has 0 bridgehead atoms. The molecule has 0 aliphatic carbocycles. The van der Waals surface area contributed by atoms with Crippen LogP contribution in [0.3, 0.4) is 0 Å². The van der Waals surface area contributed by atoms with Crippen molar-refractivity contribution in [3.8, 4) is 5.69 Å². The quantitative estimate of drug-likeness (QED) is 0.417. The molecule has 10 heteroatoms. The predicted molar refractivity (Wildman–Crippen MR) is 114 cm³/mol. The summed E-state index contributed by atoms with van der Waals surface area (Å²) in [4.78, 5) is 36.3. The molecule has 2 aromatic carbocycles. The Balaban J connectivity index is 1.79. The van der Waals surface area contributed by atoms with Gasteiger partial charge in [-0.1, -0.05) is 39.7 Å². The van der Waals surface area contributed by atoms with Crippen molar-refractivity contribution in [2.24, 2.45) is 5.73 Å². The number of nitrogens with two attached hydrogens (primary N) is 1. The number of para-hydroxylation sites is 1. The highest BCUT2D eigenvalue weighted by molar-refractivity contribution is 9.10. The third kappa shape index (κ3) is 3.50. The molecule has 0 unspecified atom stereocenters. The van der Waals surface area contributed by atoms with E-state index in [4.69, 9.17) is 17.3 Å². The van der Waals surface area contributed by atoms with E-state index in [1.54, 1.807) is 18.2 Å². The molecule has 0 aliphatic heterocycles. The number of benzene rings is 2. The molecule has 2 heterocycles. The lowest BCUT2D eigenvalue weighted by atomic mass is 10.2. The van der Waals surface area contributed by atoms with Crippen LogP contribution in [0, 0.1) is 6.92 Å². The minimum Gasteiger partial charge on any atom is -0.364 e. The number of primary amides is 1. The molecule has 0 saturated carbocycles. The van der Waals surface area contributed by atoms with Crippen LogP contribution in [-0.2, 0) is 0 Å². The van der Waals surface area contributed by atoms with E-state index in [9.17, 15) is 9.59 Å². The first-order chi connectivity index (χ1) is 13.8. The highest BCUT2D eigenvalue weighted by Gasteiger charge is 2.25. The van der Waals surface area contributed by atoms with Gasteiger partial charge in [0.2, 0.25) is 5.95 Å². The van der Waals surface area contributed by atoms with Crippen LogP contribution in [0.2, 0.25) is 5.02 Å². The maximum Gasteiger partial charge on any atom is 0.277 e. The number of nitrogens with zero attached hydrogens (tertiary/aromatic N) is 3. The maximum atomic E-state index is 13.1. The van der Waals surface area contributed by atoms with Gasteiger partial charge in [0.05, 0.1) is 16.2 Å². The van der Waals surface area contributed by atoms with Crippen molar-refractivity contribution < 1.29 is 9.59 Å². The Hall–Kier alpha value is -3.17. The van der Waals surface area contributed by atoms with Crippen molar-refractivity contribution >= 4 is 56.3 Å². The van der Waals surface area contributed by atoms with Gasteiger partial charge in [-0.2, -0.15) is 0 Å². The van der Waals surface area contributed by atoms with Gasteiger partial charge in [-0.15, -0.1) is 0 Å². The van der Waals surface area contributed by atoms with Crippen molar-refractivity contribution in [2.75, 3.05) is 5.32 Å². The maximum absolute atomic E-state index is 13.1. The van der Waals surface area contributed by atoms with E-state index in [2.05, 4.69) is 36.2 Å². The fourth-order valence-electron chi connectivity index (χ4n) is 2.99. The van der Waals surface area contributed by atoms with E-state index >= 15 is 0 Å². The summed E-state index contributed by atoms with van der Waals surface area (Å²) in [6.45, 7) is 1.88. The number of rotatable bonds is 4. The number of halogens is 2. The molecule has 0 atom stereocenters. The van der Waals surface area contributed by atoms with Gasteiger partial charge in [-0.25, -0.2) is 9.97 Å². The first-order valence-electron chi connectivity index (χ1n) is 8.44. The lowest BCUT2D eigenvalue weighted by Crippen LogP contribution is -2.23. The molecule has 8 nitrogen and oxygen atoms in total. The lowest BCUT2D eigenvalue weighted by molar-refractivity contribution is 0.0970. The van der Waals surface area contributed by atoms with Crippen LogP contribution in [0.25, 0.3) is 16.7 Å². The van der Waals surface area contributed by atoms with Gasteiger partial charge in [0.15, 0.2) is 5.69 Å². The first-order valence-corrected chi connectivity index (χ1v) is 9.61. The average molecular weight is 474 g/mol. The second-order valence-corrected chi connectivity index (χ2v) is 7.61.